The van der Waals surface area contributed by atoms with Gasteiger partial charge in [-0.25, -0.2) is 0 Å². The summed E-state index contributed by atoms with van der Waals surface area (Å²) >= 11 is 0. The maximum Gasteiger partial charge on any atom is 0.150 e. The Morgan fingerprint density at radius 2 is 1.23 bits per heavy atom. The molecule has 0 saturated heterocycles. The molecule has 3 rings (SSSR count). The Morgan fingerprint density at radius 3 is 1.95 bits per heavy atom. The molecule has 0 radical (unpaired) electrons. The third-order valence-electron chi connectivity index (χ3n) is 3.05. The molecule has 3 aromatic rings. The molecule has 4 N–H and O–H groups in total. The number of rotatable bonds is 4. The molecule has 0 saturated carbocycles. The minimum atomic E-state index is 0.588. The van der Waals surface area contributed by atoms with Crippen LogP contribution in [-0.4, -0.2) is 0 Å². The number of benzene rings is 3. The molecule has 0 atom stereocenters. The quantitative estimate of drug-likeness (QED) is 0.698. The Kier molecular flexibility index (Phi) is 3.83. The van der Waals surface area contributed by atoms with Crippen LogP contribution in [0.25, 0.3) is 0 Å². The van der Waals surface area contributed by atoms with E-state index in [1.54, 1.807) is 18.2 Å². The molecular weight excluding hydrogens is 276 g/mol. The smallest absolute Gasteiger partial charge is 0.150 e. The first-order chi connectivity index (χ1) is 10.7. The van der Waals surface area contributed by atoms with Gasteiger partial charge in [0.2, 0.25) is 0 Å². The highest BCUT2D eigenvalue weighted by atomic mass is 16.5. The third kappa shape index (κ3) is 3.30. The molecule has 22 heavy (non-hydrogen) atoms. The van der Waals surface area contributed by atoms with Crippen LogP contribution >= 0.6 is 0 Å². The summed E-state index contributed by atoms with van der Waals surface area (Å²) in [6, 6.07) is 22.0. The zero-order valence-corrected chi connectivity index (χ0v) is 11.9. The van der Waals surface area contributed by atoms with Crippen LogP contribution in [-0.2, 0) is 0 Å². The number of hydrogen-bond acceptors (Lipinski definition) is 4. The normalized spacial score (nSPS) is 10.2. The molecule has 0 aliphatic heterocycles. The van der Waals surface area contributed by atoms with E-state index in [4.69, 9.17) is 20.9 Å². The second kappa shape index (κ2) is 6.10. The Balaban J connectivity index is 1.79. The lowest BCUT2D eigenvalue weighted by molar-refractivity contribution is 0.461. The van der Waals surface area contributed by atoms with Crippen molar-refractivity contribution in [3.8, 4) is 23.0 Å². The molecule has 0 amide bonds. The van der Waals surface area contributed by atoms with E-state index in [2.05, 4.69) is 0 Å². The molecule has 4 heteroatoms. The zero-order valence-electron chi connectivity index (χ0n) is 11.9. The first-order valence-corrected chi connectivity index (χ1v) is 6.86. The van der Waals surface area contributed by atoms with Gasteiger partial charge in [-0.15, -0.1) is 0 Å². The van der Waals surface area contributed by atoms with Crippen molar-refractivity contribution in [2.24, 2.45) is 0 Å². The van der Waals surface area contributed by atoms with Crippen LogP contribution in [0.2, 0.25) is 0 Å². The summed E-state index contributed by atoms with van der Waals surface area (Å²) in [7, 11) is 0. The van der Waals surface area contributed by atoms with Gasteiger partial charge in [0.25, 0.3) is 0 Å². The SMILES string of the molecule is Nc1cccc(Oc2cccc(Oc3ccccc3N)c2)c1. The minimum Gasteiger partial charge on any atom is -0.457 e. The van der Waals surface area contributed by atoms with E-state index in [9.17, 15) is 0 Å². The van der Waals surface area contributed by atoms with E-state index in [1.165, 1.54) is 0 Å². The molecule has 4 nitrogen and oxygen atoms in total. The van der Waals surface area contributed by atoms with Crippen molar-refractivity contribution in [3.63, 3.8) is 0 Å². The van der Waals surface area contributed by atoms with Crippen molar-refractivity contribution in [2.45, 2.75) is 0 Å². The van der Waals surface area contributed by atoms with Gasteiger partial charge in [-0.1, -0.05) is 24.3 Å². The van der Waals surface area contributed by atoms with Crippen molar-refractivity contribution >= 4 is 11.4 Å². The molecule has 110 valence electrons. The topological polar surface area (TPSA) is 70.5 Å². The Bertz CT molecular complexity index is 787. The van der Waals surface area contributed by atoms with Crippen LogP contribution in [0.5, 0.6) is 23.0 Å². The summed E-state index contributed by atoms with van der Waals surface area (Å²) in [5, 5.41) is 0. The fourth-order valence-electron chi connectivity index (χ4n) is 2.02. The van der Waals surface area contributed by atoms with Gasteiger partial charge in [0, 0.05) is 17.8 Å². The molecule has 0 spiro atoms. The van der Waals surface area contributed by atoms with Gasteiger partial charge < -0.3 is 20.9 Å². The standard InChI is InChI=1S/C18H16N2O2/c19-13-5-3-6-14(11-13)21-15-7-4-8-16(12-15)22-18-10-2-1-9-17(18)20/h1-12H,19-20H2. The van der Waals surface area contributed by atoms with Gasteiger partial charge in [0.1, 0.15) is 23.0 Å². The van der Waals surface area contributed by atoms with Crippen LogP contribution < -0.4 is 20.9 Å². The van der Waals surface area contributed by atoms with Gasteiger partial charge in [-0.2, -0.15) is 0 Å². The highest BCUT2D eigenvalue weighted by molar-refractivity contribution is 5.54. The maximum atomic E-state index is 5.88. The van der Waals surface area contributed by atoms with Crippen molar-refractivity contribution in [1.29, 1.82) is 0 Å². The summed E-state index contributed by atoms with van der Waals surface area (Å²) in [6.07, 6.45) is 0. The molecule has 0 bridgehead atoms. The molecule has 0 unspecified atom stereocenters. The van der Waals surface area contributed by atoms with Gasteiger partial charge in [-0.3, -0.25) is 0 Å². The number of ether oxygens (including phenoxy) is 2. The largest absolute Gasteiger partial charge is 0.457 e. The molecule has 0 aliphatic rings. The lowest BCUT2D eigenvalue weighted by atomic mass is 10.3. The van der Waals surface area contributed by atoms with Crippen LogP contribution in [0.4, 0.5) is 11.4 Å². The molecule has 3 aromatic carbocycles. The van der Waals surface area contributed by atoms with Gasteiger partial charge in [0.15, 0.2) is 0 Å². The summed E-state index contributed by atoms with van der Waals surface area (Å²) in [6.45, 7) is 0. The van der Waals surface area contributed by atoms with Crippen molar-refractivity contribution in [1.82, 2.24) is 0 Å². The summed E-state index contributed by atoms with van der Waals surface area (Å²) in [5.41, 5.74) is 12.9. The Morgan fingerprint density at radius 1 is 0.591 bits per heavy atom. The summed E-state index contributed by atoms with van der Waals surface area (Å²) < 4.78 is 11.6. The number of anilines is 2. The second-order valence-electron chi connectivity index (χ2n) is 4.79. The van der Waals surface area contributed by atoms with E-state index in [-0.39, 0.29) is 0 Å². The van der Waals surface area contributed by atoms with Gasteiger partial charge in [-0.05, 0) is 36.4 Å². The molecule has 0 fully saturated rings. The molecule has 0 aromatic heterocycles. The first-order valence-electron chi connectivity index (χ1n) is 6.86. The average molecular weight is 292 g/mol. The van der Waals surface area contributed by atoms with Crippen LogP contribution in [0.3, 0.4) is 0 Å². The molecular formula is C18H16N2O2. The van der Waals surface area contributed by atoms with E-state index >= 15 is 0 Å². The van der Waals surface area contributed by atoms with E-state index < -0.39 is 0 Å². The molecule has 0 aliphatic carbocycles. The third-order valence-corrected chi connectivity index (χ3v) is 3.05. The second-order valence-corrected chi connectivity index (χ2v) is 4.79. The van der Waals surface area contributed by atoms with E-state index in [0.717, 1.165) is 0 Å². The highest BCUT2D eigenvalue weighted by Crippen LogP contribution is 2.31. The van der Waals surface area contributed by atoms with Crippen LogP contribution in [0, 0.1) is 0 Å². The fourth-order valence-corrected chi connectivity index (χ4v) is 2.02. The van der Waals surface area contributed by atoms with E-state index in [1.807, 2.05) is 54.6 Å². The van der Waals surface area contributed by atoms with Crippen molar-refractivity contribution in [2.75, 3.05) is 11.5 Å². The van der Waals surface area contributed by atoms with Crippen molar-refractivity contribution in [3.05, 3.63) is 72.8 Å². The first kappa shape index (κ1) is 13.8. The number of hydrogen-bond donors (Lipinski definition) is 2. The lowest BCUT2D eigenvalue weighted by Gasteiger charge is -2.10. The van der Waals surface area contributed by atoms with Crippen LogP contribution in [0.1, 0.15) is 0 Å². The summed E-state index contributed by atoms with van der Waals surface area (Å²) in [5.74, 6) is 2.61. The zero-order chi connectivity index (χ0) is 15.4. The maximum absolute atomic E-state index is 5.88. The Labute approximate surface area is 128 Å². The minimum absolute atomic E-state index is 0.588. The predicted octanol–water partition coefficient (Wildman–Crippen LogP) is 4.44. The molecule has 0 heterocycles. The number of para-hydroxylation sites is 2. The number of nitrogen functional groups attached to an aromatic ring is 2. The van der Waals surface area contributed by atoms with E-state index in [0.29, 0.717) is 34.4 Å². The summed E-state index contributed by atoms with van der Waals surface area (Å²) in [4.78, 5) is 0. The van der Waals surface area contributed by atoms with Gasteiger partial charge in [0.05, 0.1) is 5.69 Å². The highest BCUT2D eigenvalue weighted by Gasteiger charge is 2.04. The fraction of sp³-hybridized carbons (Fsp3) is 0. The predicted molar refractivity (Wildman–Crippen MR) is 88.3 cm³/mol. The van der Waals surface area contributed by atoms with Gasteiger partial charge >= 0.3 is 0 Å². The monoisotopic (exact) mass is 292 g/mol. The lowest BCUT2D eigenvalue weighted by Crippen LogP contribution is -1.92. The average Bonchev–Trinajstić information content (AvgIpc) is 2.50. The number of nitrogens with two attached hydrogens (primary N) is 2. The van der Waals surface area contributed by atoms with Crippen molar-refractivity contribution < 1.29 is 9.47 Å². The Hall–Kier alpha value is -3.14. The van der Waals surface area contributed by atoms with Crippen LogP contribution in [0.15, 0.2) is 72.8 Å².